The van der Waals surface area contributed by atoms with Gasteiger partial charge in [0.1, 0.15) is 11.6 Å². The molecule has 0 heterocycles. The summed E-state index contributed by atoms with van der Waals surface area (Å²) in [7, 11) is 0. The Labute approximate surface area is 158 Å². The molecule has 0 aromatic heterocycles. The molecule has 4 nitrogen and oxygen atoms in total. The van der Waals surface area contributed by atoms with Gasteiger partial charge in [-0.15, -0.1) is 0 Å². The van der Waals surface area contributed by atoms with E-state index in [2.05, 4.69) is 15.6 Å². The third-order valence-electron chi connectivity index (χ3n) is 4.79. The summed E-state index contributed by atoms with van der Waals surface area (Å²) in [6.45, 7) is 3.05. The van der Waals surface area contributed by atoms with Crippen molar-refractivity contribution in [2.24, 2.45) is 4.99 Å². The lowest BCUT2D eigenvalue weighted by atomic mass is 10.0. The SMILES string of the molecule is CCNC(=NCC(CO)c1ccccc1)NC1CC1c1c(F)cccc1F. The van der Waals surface area contributed by atoms with Gasteiger partial charge in [-0.05, 0) is 31.0 Å². The van der Waals surface area contributed by atoms with Crippen LogP contribution in [0, 0.1) is 11.6 Å². The number of hydrogen-bond donors (Lipinski definition) is 3. The second-order valence-electron chi connectivity index (χ2n) is 6.74. The number of aliphatic hydroxyl groups is 1. The lowest BCUT2D eigenvalue weighted by molar-refractivity contribution is 0.268. The van der Waals surface area contributed by atoms with E-state index in [1.54, 1.807) is 0 Å². The Hall–Kier alpha value is -2.47. The molecule has 2 aromatic carbocycles. The lowest BCUT2D eigenvalue weighted by Gasteiger charge is -2.15. The molecule has 0 saturated heterocycles. The first-order valence-electron chi connectivity index (χ1n) is 9.28. The molecule has 0 radical (unpaired) electrons. The van der Waals surface area contributed by atoms with Gasteiger partial charge >= 0.3 is 0 Å². The van der Waals surface area contributed by atoms with E-state index in [0.717, 1.165) is 5.56 Å². The number of halogens is 2. The summed E-state index contributed by atoms with van der Waals surface area (Å²) in [5.41, 5.74) is 1.17. The smallest absolute Gasteiger partial charge is 0.191 e. The summed E-state index contributed by atoms with van der Waals surface area (Å²) in [4.78, 5) is 4.56. The van der Waals surface area contributed by atoms with Crippen LogP contribution in [-0.4, -0.2) is 36.8 Å². The van der Waals surface area contributed by atoms with E-state index < -0.39 is 11.6 Å². The lowest BCUT2D eigenvalue weighted by Crippen LogP contribution is -2.39. The van der Waals surface area contributed by atoms with Crippen LogP contribution in [-0.2, 0) is 0 Å². The number of rotatable bonds is 7. The Balaban J connectivity index is 1.65. The van der Waals surface area contributed by atoms with E-state index in [-0.39, 0.29) is 30.0 Å². The molecule has 3 rings (SSSR count). The summed E-state index contributed by atoms with van der Waals surface area (Å²) in [5, 5.41) is 16.1. The first kappa shape index (κ1) is 19.3. The van der Waals surface area contributed by atoms with Crippen LogP contribution in [0.2, 0.25) is 0 Å². The topological polar surface area (TPSA) is 56.7 Å². The van der Waals surface area contributed by atoms with Crippen LogP contribution in [0.5, 0.6) is 0 Å². The third-order valence-corrected chi connectivity index (χ3v) is 4.79. The van der Waals surface area contributed by atoms with Gasteiger partial charge in [0.2, 0.25) is 0 Å². The molecule has 1 saturated carbocycles. The predicted molar refractivity (Wildman–Crippen MR) is 103 cm³/mol. The van der Waals surface area contributed by atoms with Crippen LogP contribution in [0.25, 0.3) is 0 Å². The molecule has 3 unspecified atom stereocenters. The molecule has 0 amide bonds. The summed E-state index contributed by atoms with van der Waals surface area (Å²) in [6, 6.07) is 13.6. The fourth-order valence-electron chi connectivity index (χ4n) is 3.23. The van der Waals surface area contributed by atoms with Crippen LogP contribution in [0.4, 0.5) is 8.78 Å². The van der Waals surface area contributed by atoms with Gasteiger partial charge in [0.15, 0.2) is 5.96 Å². The average Bonchev–Trinajstić information content (AvgIpc) is 3.41. The van der Waals surface area contributed by atoms with Gasteiger partial charge < -0.3 is 15.7 Å². The fraction of sp³-hybridized carbons (Fsp3) is 0.381. The molecule has 2 aromatic rings. The van der Waals surface area contributed by atoms with Gasteiger partial charge in [-0.2, -0.15) is 0 Å². The number of nitrogens with one attached hydrogen (secondary N) is 2. The Morgan fingerprint density at radius 2 is 1.85 bits per heavy atom. The molecule has 27 heavy (non-hydrogen) atoms. The number of aliphatic imine (C=N–C) groups is 1. The maximum atomic E-state index is 13.9. The van der Waals surface area contributed by atoms with Crippen LogP contribution < -0.4 is 10.6 Å². The number of guanidine groups is 1. The molecular weight excluding hydrogens is 348 g/mol. The van der Waals surface area contributed by atoms with Crippen molar-refractivity contribution >= 4 is 5.96 Å². The zero-order valence-corrected chi connectivity index (χ0v) is 15.3. The maximum Gasteiger partial charge on any atom is 0.191 e. The van der Waals surface area contributed by atoms with E-state index in [1.807, 2.05) is 37.3 Å². The van der Waals surface area contributed by atoms with Crippen molar-refractivity contribution < 1.29 is 13.9 Å². The van der Waals surface area contributed by atoms with Gasteiger partial charge in [0, 0.05) is 30.0 Å². The average molecular weight is 373 g/mol. The normalized spacial score (nSPS) is 20.2. The van der Waals surface area contributed by atoms with Crippen molar-refractivity contribution in [3.8, 4) is 0 Å². The van der Waals surface area contributed by atoms with Crippen LogP contribution in [0.15, 0.2) is 53.5 Å². The molecule has 1 aliphatic rings. The minimum Gasteiger partial charge on any atom is -0.396 e. The monoisotopic (exact) mass is 373 g/mol. The second-order valence-corrected chi connectivity index (χ2v) is 6.74. The van der Waals surface area contributed by atoms with Crippen molar-refractivity contribution in [2.45, 2.75) is 31.2 Å². The molecule has 6 heteroatoms. The number of nitrogens with zero attached hydrogens (tertiary/aromatic N) is 1. The van der Waals surface area contributed by atoms with Crippen molar-refractivity contribution in [3.05, 3.63) is 71.3 Å². The summed E-state index contributed by atoms with van der Waals surface area (Å²) in [6.07, 6.45) is 0.657. The summed E-state index contributed by atoms with van der Waals surface area (Å²) in [5.74, 6) is -0.707. The number of benzene rings is 2. The molecular formula is C21H25F2N3O. The van der Waals surface area contributed by atoms with Crippen molar-refractivity contribution in [1.82, 2.24) is 10.6 Å². The number of aliphatic hydroxyl groups excluding tert-OH is 1. The molecule has 1 fully saturated rings. The standard InChI is InChI=1S/C21H25F2N3O/c1-2-24-21(25-12-15(13-27)14-7-4-3-5-8-14)26-19-11-16(19)20-17(22)9-6-10-18(20)23/h3-10,15-16,19,27H,2,11-13H2,1H3,(H2,24,25,26). The van der Waals surface area contributed by atoms with E-state index in [1.165, 1.54) is 18.2 Å². The highest BCUT2D eigenvalue weighted by Crippen LogP contribution is 2.43. The second kappa shape index (κ2) is 8.95. The highest BCUT2D eigenvalue weighted by atomic mass is 19.1. The highest BCUT2D eigenvalue weighted by Gasteiger charge is 2.42. The van der Waals surface area contributed by atoms with Crippen LogP contribution >= 0.6 is 0 Å². The van der Waals surface area contributed by atoms with Crippen molar-refractivity contribution in [2.75, 3.05) is 19.7 Å². The Morgan fingerprint density at radius 3 is 2.48 bits per heavy atom. The quantitative estimate of drug-likeness (QED) is 0.516. The molecule has 0 spiro atoms. The molecule has 144 valence electrons. The Bertz CT molecular complexity index is 762. The minimum absolute atomic E-state index is 0.000586. The minimum atomic E-state index is -0.504. The summed E-state index contributed by atoms with van der Waals surface area (Å²) >= 11 is 0. The van der Waals surface area contributed by atoms with E-state index in [0.29, 0.717) is 25.5 Å². The maximum absolute atomic E-state index is 13.9. The van der Waals surface area contributed by atoms with Gasteiger partial charge in [-0.3, -0.25) is 4.99 Å². The Morgan fingerprint density at radius 1 is 1.15 bits per heavy atom. The zero-order valence-electron chi connectivity index (χ0n) is 15.3. The molecule has 0 aliphatic heterocycles. The van der Waals surface area contributed by atoms with Crippen LogP contribution in [0.3, 0.4) is 0 Å². The van der Waals surface area contributed by atoms with Crippen molar-refractivity contribution in [3.63, 3.8) is 0 Å². The van der Waals surface area contributed by atoms with Gasteiger partial charge in [-0.25, -0.2) is 8.78 Å². The van der Waals surface area contributed by atoms with Gasteiger partial charge in [-0.1, -0.05) is 36.4 Å². The summed E-state index contributed by atoms with van der Waals surface area (Å²) < 4.78 is 27.9. The molecule has 0 bridgehead atoms. The largest absolute Gasteiger partial charge is 0.396 e. The fourth-order valence-corrected chi connectivity index (χ4v) is 3.23. The Kier molecular flexibility index (Phi) is 6.40. The van der Waals surface area contributed by atoms with Crippen LogP contribution in [0.1, 0.15) is 36.3 Å². The molecule has 1 aliphatic carbocycles. The first-order chi connectivity index (χ1) is 13.1. The molecule has 3 N–H and O–H groups in total. The number of hydrogen-bond acceptors (Lipinski definition) is 2. The molecule has 3 atom stereocenters. The first-order valence-corrected chi connectivity index (χ1v) is 9.28. The van der Waals surface area contributed by atoms with Gasteiger partial charge in [0.25, 0.3) is 0 Å². The van der Waals surface area contributed by atoms with E-state index in [9.17, 15) is 13.9 Å². The van der Waals surface area contributed by atoms with E-state index >= 15 is 0 Å². The van der Waals surface area contributed by atoms with Gasteiger partial charge in [0.05, 0.1) is 13.2 Å². The predicted octanol–water partition coefficient (Wildman–Crippen LogP) is 3.15. The third kappa shape index (κ3) is 4.83. The zero-order chi connectivity index (χ0) is 19.2. The highest BCUT2D eigenvalue weighted by molar-refractivity contribution is 5.80. The van der Waals surface area contributed by atoms with E-state index in [4.69, 9.17) is 0 Å². The van der Waals surface area contributed by atoms with Crippen molar-refractivity contribution in [1.29, 1.82) is 0 Å².